The minimum absolute atomic E-state index is 0.253. The maximum atomic E-state index is 11.5. The van der Waals surface area contributed by atoms with Gasteiger partial charge in [0.15, 0.2) is 0 Å². The van der Waals surface area contributed by atoms with Crippen LogP contribution in [0.4, 0.5) is 0 Å². The molecule has 1 aliphatic carbocycles. The molecule has 0 aromatic rings. The van der Waals surface area contributed by atoms with Crippen molar-refractivity contribution in [1.29, 1.82) is 0 Å². The second kappa shape index (κ2) is 6.86. The van der Waals surface area contributed by atoms with E-state index in [1.807, 2.05) is 0 Å². The lowest BCUT2D eigenvalue weighted by Gasteiger charge is -2.04. The molecule has 1 N–H and O–H groups in total. The van der Waals surface area contributed by atoms with E-state index in [1.165, 1.54) is 12.8 Å². The number of halogens is 1. The molecular formula is C10H20BrNO2S. The third-order valence-corrected chi connectivity index (χ3v) is 4.55. The summed E-state index contributed by atoms with van der Waals surface area (Å²) < 4.78 is 25.6. The van der Waals surface area contributed by atoms with Crippen LogP contribution in [-0.2, 0) is 10.0 Å². The van der Waals surface area contributed by atoms with Gasteiger partial charge in [-0.3, -0.25) is 0 Å². The third-order valence-electron chi connectivity index (χ3n) is 2.47. The number of hydrogen-bond donors (Lipinski definition) is 1. The molecule has 0 heterocycles. The first-order valence-corrected chi connectivity index (χ1v) is 8.47. The maximum Gasteiger partial charge on any atom is 0.211 e. The quantitative estimate of drug-likeness (QED) is 0.525. The molecule has 15 heavy (non-hydrogen) atoms. The number of alkyl halides is 1. The summed E-state index contributed by atoms with van der Waals surface area (Å²) >= 11 is 3.38. The molecule has 0 aliphatic heterocycles. The molecule has 3 nitrogen and oxygen atoms in total. The summed E-state index contributed by atoms with van der Waals surface area (Å²) in [6.07, 6.45) is 7.39. The van der Waals surface area contributed by atoms with Crippen LogP contribution in [0.5, 0.6) is 0 Å². The van der Waals surface area contributed by atoms with Gasteiger partial charge in [0, 0.05) is 11.4 Å². The SMILES string of the molecule is O=S(=O)(CCCCCCCBr)NC1CC1. The summed E-state index contributed by atoms with van der Waals surface area (Å²) in [4.78, 5) is 0. The van der Waals surface area contributed by atoms with E-state index in [1.54, 1.807) is 0 Å². The van der Waals surface area contributed by atoms with Crippen molar-refractivity contribution in [3.63, 3.8) is 0 Å². The van der Waals surface area contributed by atoms with Gasteiger partial charge in [0.2, 0.25) is 10.0 Å². The minimum atomic E-state index is -2.97. The second-order valence-corrected chi connectivity index (χ2v) is 6.83. The first-order valence-electron chi connectivity index (χ1n) is 5.70. The van der Waals surface area contributed by atoms with Gasteiger partial charge in [-0.1, -0.05) is 35.2 Å². The van der Waals surface area contributed by atoms with E-state index in [-0.39, 0.29) is 6.04 Å². The number of rotatable bonds is 9. The van der Waals surface area contributed by atoms with Crippen molar-refractivity contribution in [3.05, 3.63) is 0 Å². The zero-order valence-electron chi connectivity index (χ0n) is 9.04. The minimum Gasteiger partial charge on any atom is -0.212 e. The molecule has 0 aromatic heterocycles. The fourth-order valence-corrected chi connectivity index (χ4v) is 3.27. The van der Waals surface area contributed by atoms with E-state index in [9.17, 15) is 8.42 Å². The summed E-state index contributed by atoms with van der Waals surface area (Å²) in [5.74, 6) is 0.303. The van der Waals surface area contributed by atoms with E-state index in [2.05, 4.69) is 20.7 Å². The number of sulfonamides is 1. The zero-order chi connectivity index (χ0) is 11.1. The molecule has 0 spiro atoms. The first kappa shape index (κ1) is 13.5. The Hall–Kier alpha value is 0.390. The zero-order valence-corrected chi connectivity index (χ0v) is 11.4. The van der Waals surface area contributed by atoms with Gasteiger partial charge < -0.3 is 0 Å². The van der Waals surface area contributed by atoms with Crippen molar-refractivity contribution in [2.45, 2.75) is 51.0 Å². The lowest BCUT2D eigenvalue weighted by Crippen LogP contribution is -2.28. The summed E-state index contributed by atoms with van der Waals surface area (Å²) in [6.45, 7) is 0. The predicted molar refractivity (Wildman–Crippen MR) is 66.8 cm³/mol. The molecule has 0 radical (unpaired) electrons. The van der Waals surface area contributed by atoms with Crippen molar-refractivity contribution in [1.82, 2.24) is 4.72 Å². The van der Waals surface area contributed by atoms with Gasteiger partial charge in [-0.15, -0.1) is 0 Å². The van der Waals surface area contributed by atoms with Crippen LogP contribution in [0, 0.1) is 0 Å². The van der Waals surface area contributed by atoms with E-state index in [0.29, 0.717) is 5.75 Å². The molecule has 1 saturated carbocycles. The van der Waals surface area contributed by atoms with Crippen molar-refractivity contribution < 1.29 is 8.42 Å². The molecule has 0 atom stereocenters. The van der Waals surface area contributed by atoms with Crippen LogP contribution in [0.1, 0.15) is 44.9 Å². The van der Waals surface area contributed by atoms with Crippen molar-refractivity contribution in [2.75, 3.05) is 11.1 Å². The van der Waals surface area contributed by atoms with Gasteiger partial charge >= 0.3 is 0 Å². The molecule has 0 amide bonds. The van der Waals surface area contributed by atoms with Crippen LogP contribution in [0.15, 0.2) is 0 Å². The smallest absolute Gasteiger partial charge is 0.211 e. The Balaban J connectivity index is 1.98. The van der Waals surface area contributed by atoms with Gasteiger partial charge in [0.05, 0.1) is 5.75 Å². The highest BCUT2D eigenvalue weighted by molar-refractivity contribution is 9.09. The molecule has 5 heteroatoms. The summed E-state index contributed by atoms with van der Waals surface area (Å²) in [5.41, 5.74) is 0. The van der Waals surface area contributed by atoms with Crippen molar-refractivity contribution in [2.24, 2.45) is 0 Å². The van der Waals surface area contributed by atoms with Gasteiger partial charge in [0.25, 0.3) is 0 Å². The molecule has 0 saturated heterocycles. The molecule has 0 bridgehead atoms. The molecule has 1 rings (SSSR count). The Morgan fingerprint density at radius 2 is 1.67 bits per heavy atom. The highest BCUT2D eigenvalue weighted by atomic mass is 79.9. The summed E-state index contributed by atoms with van der Waals surface area (Å²) in [6, 6.07) is 0.253. The van der Waals surface area contributed by atoms with E-state index in [4.69, 9.17) is 0 Å². The Morgan fingerprint density at radius 1 is 1.07 bits per heavy atom. The summed E-state index contributed by atoms with van der Waals surface area (Å²) in [7, 11) is -2.97. The monoisotopic (exact) mass is 297 g/mol. The van der Waals surface area contributed by atoms with Crippen LogP contribution in [0.25, 0.3) is 0 Å². The normalized spacial score (nSPS) is 16.9. The van der Waals surface area contributed by atoms with Gasteiger partial charge in [-0.2, -0.15) is 0 Å². The van der Waals surface area contributed by atoms with E-state index < -0.39 is 10.0 Å². The van der Waals surface area contributed by atoms with Crippen LogP contribution >= 0.6 is 15.9 Å². The van der Waals surface area contributed by atoms with Gasteiger partial charge in [-0.05, 0) is 25.7 Å². The molecule has 0 aromatic carbocycles. The Bertz CT molecular complexity index is 263. The number of hydrogen-bond acceptors (Lipinski definition) is 2. The van der Waals surface area contributed by atoms with Crippen LogP contribution in [0.3, 0.4) is 0 Å². The average Bonchev–Trinajstić information content (AvgIpc) is 2.94. The molecule has 1 aliphatic rings. The topological polar surface area (TPSA) is 46.2 Å². The van der Waals surface area contributed by atoms with Crippen molar-refractivity contribution >= 4 is 26.0 Å². The lowest BCUT2D eigenvalue weighted by molar-refractivity contribution is 0.573. The Morgan fingerprint density at radius 3 is 2.27 bits per heavy atom. The fraction of sp³-hybridized carbons (Fsp3) is 1.00. The highest BCUT2D eigenvalue weighted by Crippen LogP contribution is 2.20. The average molecular weight is 298 g/mol. The van der Waals surface area contributed by atoms with Gasteiger partial charge in [0.1, 0.15) is 0 Å². The molecule has 0 unspecified atom stereocenters. The standard InChI is InChI=1S/C10H20BrNO2S/c11-8-4-2-1-3-5-9-15(13,14)12-10-6-7-10/h10,12H,1-9H2. The summed E-state index contributed by atoms with van der Waals surface area (Å²) in [5, 5.41) is 1.05. The second-order valence-electron chi connectivity index (χ2n) is 4.17. The van der Waals surface area contributed by atoms with Crippen LogP contribution < -0.4 is 4.72 Å². The van der Waals surface area contributed by atoms with E-state index >= 15 is 0 Å². The highest BCUT2D eigenvalue weighted by Gasteiger charge is 2.26. The molecule has 90 valence electrons. The predicted octanol–water partition coefficient (Wildman–Crippen LogP) is 2.41. The van der Waals surface area contributed by atoms with E-state index in [0.717, 1.165) is 37.4 Å². The molecular weight excluding hydrogens is 278 g/mol. The van der Waals surface area contributed by atoms with Gasteiger partial charge in [-0.25, -0.2) is 13.1 Å². The van der Waals surface area contributed by atoms with Crippen LogP contribution in [-0.4, -0.2) is 25.5 Å². The number of nitrogens with one attached hydrogen (secondary N) is 1. The fourth-order valence-electron chi connectivity index (χ4n) is 1.43. The first-order chi connectivity index (χ1) is 7.14. The largest absolute Gasteiger partial charge is 0.212 e. The molecule has 1 fully saturated rings. The Labute approximate surface area is 101 Å². The lowest BCUT2D eigenvalue weighted by atomic mass is 10.2. The van der Waals surface area contributed by atoms with Crippen LogP contribution in [0.2, 0.25) is 0 Å². The van der Waals surface area contributed by atoms with Crippen molar-refractivity contribution in [3.8, 4) is 0 Å². The maximum absolute atomic E-state index is 11.5. The number of unbranched alkanes of at least 4 members (excludes halogenated alkanes) is 4. The Kier molecular flexibility index (Phi) is 6.16. The third kappa shape index (κ3) is 7.30.